The molecule has 1 amide bonds. The van der Waals surface area contributed by atoms with E-state index in [-0.39, 0.29) is 11.7 Å². The Bertz CT molecular complexity index is 382. The molecule has 0 radical (unpaired) electrons. The molecule has 0 aliphatic rings. The number of aliphatic hydroxyl groups is 1. The first kappa shape index (κ1) is 12.4. The molecule has 5 nitrogen and oxygen atoms in total. The smallest absolute Gasteiger partial charge is 0.267 e. The van der Waals surface area contributed by atoms with Crippen LogP contribution in [-0.2, 0) is 0 Å². The van der Waals surface area contributed by atoms with Gasteiger partial charge in [0.15, 0.2) is 5.78 Å². The molecule has 0 spiro atoms. The van der Waals surface area contributed by atoms with E-state index >= 15 is 0 Å². The molecule has 0 aromatic carbocycles. The van der Waals surface area contributed by atoms with Gasteiger partial charge in [0.25, 0.3) is 5.91 Å². The fraction of sp³-hybridized carbons (Fsp3) is 0.455. The highest BCUT2D eigenvalue weighted by Crippen LogP contribution is 2.04. The van der Waals surface area contributed by atoms with Crippen molar-refractivity contribution in [3.63, 3.8) is 0 Å². The fourth-order valence-corrected chi connectivity index (χ4v) is 1.22. The average Bonchev–Trinajstić information content (AvgIpc) is 2.65. The first-order chi connectivity index (χ1) is 7.50. The highest BCUT2D eigenvalue weighted by atomic mass is 16.3. The molecule has 0 fully saturated rings. The Morgan fingerprint density at radius 1 is 1.56 bits per heavy atom. The van der Waals surface area contributed by atoms with Crippen LogP contribution in [-0.4, -0.2) is 34.4 Å². The summed E-state index contributed by atoms with van der Waals surface area (Å²) < 4.78 is 0. The summed E-state index contributed by atoms with van der Waals surface area (Å²) in [5, 5.41) is 11.7. The van der Waals surface area contributed by atoms with Gasteiger partial charge in [-0.05, 0) is 26.3 Å². The molecule has 88 valence electrons. The van der Waals surface area contributed by atoms with E-state index < -0.39 is 6.10 Å². The van der Waals surface area contributed by atoms with Gasteiger partial charge < -0.3 is 15.4 Å². The van der Waals surface area contributed by atoms with Crippen molar-refractivity contribution in [2.24, 2.45) is 0 Å². The molecule has 0 aliphatic carbocycles. The van der Waals surface area contributed by atoms with Gasteiger partial charge in [0, 0.05) is 18.3 Å². The van der Waals surface area contributed by atoms with Crippen molar-refractivity contribution < 1.29 is 14.7 Å². The largest absolute Gasteiger partial charge is 0.393 e. The number of aromatic nitrogens is 1. The topological polar surface area (TPSA) is 82.2 Å². The molecule has 1 unspecified atom stereocenters. The second-order valence-corrected chi connectivity index (χ2v) is 3.75. The SMILES string of the molecule is CC(=O)c1c[nH]c(C(=O)NCCC(C)O)c1. The third kappa shape index (κ3) is 3.51. The maximum absolute atomic E-state index is 11.5. The van der Waals surface area contributed by atoms with E-state index in [0.29, 0.717) is 24.2 Å². The number of carbonyl (C=O) groups is 2. The highest BCUT2D eigenvalue weighted by Gasteiger charge is 2.10. The van der Waals surface area contributed by atoms with Crippen LogP contribution < -0.4 is 5.32 Å². The van der Waals surface area contributed by atoms with Crippen LogP contribution in [0.5, 0.6) is 0 Å². The molecule has 0 bridgehead atoms. The van der Waals surface area contributed by atoms with Gasteiger partial charge in [0.2, 0.25) is 0 Å². The first-order valence-corrected chi connectivity index (χ1v) is 5.16. The zero-order chi connectivity index (χ0) is 12.1. The second-order valence-electron chi connectivity index (χ2n) is 3.75. The van der Waals surface area contributed by atoms with Crippen molar-refractivity contribution in [1.29, 1.82) is 0 Å². The number of aromatic amines is 1. The van der Waals surface area contributed by atoms with Crippen LogP contribution >= 0.6 is 0 Å². The minimum Gasteiger partial charge on any atom is -0.393 e. The van der Waals surface area contributed by atoms with Gasteiger partial charge in [-0.1, -0.05) is 0 Å². The van der Waals surface area contributed by atoms with Crippen molar-refractivity contribution in [1.82, 2.24) is 10.3 Å². The second kappa shape index (κ2) is 5.46. The molecule has 5 heteroatoms. The lowest BCUT2D eigenvalue weighted by molar-refractivity contribution is 0.0941. The normalized spacial score (nSPS) is 12.2. The lowest BCUT2D eigenvalue weighted by Crippen LogP contribution is -2.26. The summed E-state index contributed by atoms with van der Waals surface area (Å²) in [4.78, 5) is 25.3. The Morgan fingerprint density at radius 2 is 2.25 bits per heavy atom. The quantitative estimate of drug-likeness (QED) is 0.644. The van der Waals surface area contributed by atoms with Crippen LogP contribution in [0.15, 0.2) is 12.3 Å². The van der Waals surface area contributed by atoms with Gasteiger partial charge in [0.1, 0.15) is 5.69 Å². The molecule has 16 heavy (non-hydrogen) atoms. The molecule has 3 N–H and O–H groups in total. The summed E-state index contributed by atoms with van der Waals surface area (Å²) in [6, 6.07) is 1.51. The lowest BCUT2D eigenvalue weighted by atomic mass is 10.2. The fourth-order valence-electron chi connectivity index (χ4n) is 1.22. The summed E-state index contributed by atoms with van der Waals surface area (Å²) >= 11 is 0. The van der Waals surface area contributed by atoms with Crippen LogP contribution in [0.1, 0.15) is 41.1 Å². The van der Waals surface area contributed by atoms with E-state index in [9.17, 15) is 9.59 Å². The van der Waals surface area contributed by atoms with Crippen molar-refractivity contribution in [2.75, 3.05) is 6.54 Å². The molecular weight excluding hydrogens is 208 g/mol. The van der Waals surface area contributed by atoms with Crippen molar-refractivity contribution in [3.8, 4) is 0 Å². The van der Waals surface area contributed by atoms with Crippen LogP contribution in [0.25, 0.3) is 0 Å². The molecule has 0 saturated carbocycles. The Hall–Kier alpha value is -1.62. The van der Waals surface area contributed by atoms with Crippen molar-refractivity contribution >= 4 is 11.7 Å². The van der Waals surface area contributed by atoms with E-state index in [2.05, 4.69) is 10.3 Å². The number of Topliss-reactive ketones (excluding diaryl/α,β-unsaturated/α-hetero) is 1. The monoisotopic (exact) mass is 224 g/mol. The van der Waals surface area contributed by atoms with Gasteiger partial charge >= 0.3 is 0 Å². The maximum atomic E-state index is 11.5. The Morgan fingerprint density at radius 3 is 2.75 bits per heavy atom. The summed E-state index contributed by atoms with van der Waals surface area (Å²) in [5.74, 6) is -0.354. The molecule has 0 saturated heterocycles. The number of aliphatic hydroxyl groups excluding tert-OH is 1. The van der Waals surface area contributed by atoms with Gasteiger partial charge in [-0.15, -0.1) is 0 Å². The molecular formula is C11H16N2O3. The zero-order valence-corrected chi connectivity index (χ0v) is 9.41. The van der Waals surface area contributed by atoms with Gasteiger partial charge in [-0.3, -0.25) is 9.59 Å². The van der Waals surface area contributed by atoms with E-state index in [1.54, 1.807) is 6.92 Å². The van der Waals surface area contributed by atoms with E-state index in [1.165, 1.54) is 19.2 Å². The Kier molecular flexibility index (Phi) is 4.25. The Labute approximate surface area is 93.9 Å². The lowest BCUT2D eigenvalue weighted by Gasteiger charge is -2.05. The number of carbonyl (C=O) groups excluding carboxylic acids is 2. The summed E-state index contributed by atoms with van der Waals surface area (Å²) in [6.07, 6.45) is 1.58. The van der Waals surface area contributed by atoms with Crippen molar-refractivity contribution in [3.05, 3.63) is 23.5 Å². The molecule has 1 atom stereocenters. The first-order valence-electron chi connectivity index (χ1n) is 5.16. The number of hydrogen-bond acceptors (Lipinski definition) is 3. The van der Waals surface area contributed by atoms with Gasteiger partial charge in [0.05, 0.1) is 6.10 Å². The van der Waals surface area contributed by atoms with Crippen LogP contribution in [0.3, 0.4) is 0 Å². The number of amides is 1. The average molecular weight is 224 g/mol. The number of ketones is 1. The zero-order valence-electron chi connectivity index (χ0n) is 9.41. The molecule has 1 heterocycles. The summed E-state index contributed by atoms with van der Waals surface area (Å²) in [5.41, 5.74) is 0.844. The van der Waals surface area contributed by atoms with E-state index in [1.807, 2.05) is 0 Å². The molecule has 1 aromatic heterocycles. The van der Waals surface area contributed by atoms with E-state index in [4.69, 9.17) is 5.11 Å². The van der Waals surface area contributed by atoms with Crippen LogP contribution in [0.2, 0.25) is 0 Å². The van der Waals surface area contributed by atoms with Crippen LogP contribution in [0, 0.1) is 0 Å². The minimum absolute atomic E-state index is 0.0840. The van der Waals surface area contributed by atoms with E-state index in [0.717, 1.165) is 0 Å². The molecule has 0 aliphatic heterocycles. The molecule has 1 aromatic rings. The third-order valence-corrected chi connectivity index (χ3v) is 2.18. The number of nitrogens with one attached hydrogen (secondary N) is 2. The van der Waals surface area contributed by atoms with Gasteiger partial charge in [-0.2, -0.15) is 0 Å². The maximum Gasteiger partial charge on any atom is 0.267 e. The van der Waals surface area contributed by atoms with Crippen LogP contribution in [0.4, 0.5) is 0 Å². The number of rotatable bonds is 5. The predicted octanol–water partition coefficient (Wildman–Crippen LogP) is 0.718. The summed E-state index contributed by atoms with van der Waals surface area (Å²) in [7, 11) is 0. The molecule has 1 rings (SSSR count). The number of hydrogen-bond donors (Lipinski definition) is 3. The third-order valence-electron chi connectivity index (χ3n) is 2.18. The minimum atomic E-state index is -0.434. The van der Waals surface area contributed by atoms with Gasteiger partial charge in [-0.25, -0.2) is 0 Å². The number of H-pyrrole nitrogens is 1. The Balaban J connectivity index is 2.50. The predicted molar refractivity (Wildman–Crippen MR) is 59.4 cm³/mol. The summed E-state index contributed by atoms with van der Waals surface area (Å²) in [6.45, 7) is 3.51. The standard InChI is InChI=1S/C11H16N2O3/c1-7(14)3-4-12-11(16)10-5-9(6-13-10)8(2)15/h5-7,13-14H,3-4H2,1-2H3,(H,12,16). The highest BCUT2D eigenvalue weighted by molar-refractivity contribution is 5.99. The van der Waals surface area contributed by atoms with Crippen molar-refractivity contribution in [2.45, 2.75) is 26.4 Å².